The first kappa shape index (κ1) is 33.0. The molecule has 0 saturated carbocycles. The van der Waals surface area contributed by atoms with Crippen LogP contribution in [0.4, 0.5) is 65.9 Å². The van der Waals surface area contributed by atoms with Gasteiger partial charge < -0.3 is 10.2 Å². The van der Waals surface area contributed by atoms with E-state index in [1.165, 1.54) is 0 Å². The van der Waals surface area contributed by atoms with E-state index in [0.29, 0.717) is 6.92 Å². The van der Waals surface area contributed by atoms with E-state index >= 15 is 0 Å². The second-order valence-electron chi connectivity index (χ2n) is 8.27. The van der Waals surface area contributed by atoms with E-state index in [-0.39, 0.29) is 6.07 Å². The molecule has 0 aromatic heterocycles. The van der Waals surface area contributed by atoms with Crippen LogP contribution in [-0.2, 0) is 30.9 Å². The molecule has 0 aliphatic heterocycles. The van der Waals surface area contributed by atoms with Gasteiger partial charge in [-0.2, -0.15) is 71.1 Å². The Morgan fingerprint density at radius 2 is 0.850 bits per heavy atom. The number of aryl methyl sites for hydroxylation is 1. The van der Waals surface area contributed by atoms with Crippen LogP contribution >= 0.6 is 0 Å². The maximum atomic E-state index is 13.6. The molecular weight excluding hydrogens is 595 g/mol. The molecule has 2 aromatic rings. The Morgan fingerprint density at radius 3 is 1.15 bits per heavy atom. The molecule has 0 heterocycles. The van der Waals surface area contributed by atoms with E-state index < -0.39 is 112 Å². The molecule has 0 bridgehead atoms. The summed E-state index contributed by atoms with van der Waals surface area (Å²) in [5, 5.41) is 30.3. The van der Waals surface area contributed by atoms with E-state index in [1.807, 2.05) is 0 Å². The van der Waals surface area contributed by atoms with Crippen LogP contribution in [0.15, 0.2) is 24.3 Å². The zero-order valence-corrected chi connectivity index (χ0v) is 19.1. The van der Waals surface area contributed by atoms with Crippen LogP contribution < -0.4 is 0 Å². The summed E-state index contributed by atoms with van der Waals surface area (Å²) in [6, 6.07) is -1.42. The van der Waals surface area contributed by atoms with Gasteiger partial charge in [-0.15, -0.1) is 0 Å². The number of halogens is 15. The van der Waals surface area contributed by atoms with Gasteiger partial charge in [-0.1, -0.05) is 0 Å². The molecule has 2 rings (SSSR count). The van der Waals surface area contributed by atoms with Gasteiger partial charge in [0.05, 0.1) is 46.1 Å². The van der Waals surface area contributed by atoms with Crippen molar-refractivity contribution in [2.24, 2.45) is 5.92 Å². The molecule has 2 aromatic carbocycles. The van der Waals surface area contributed by atoms with Crippen LogP contribution in [-0.4, -0.2) is 10.2 Å². The molecule has 0 spiro atoms. The second kappa shape index (κ2) is 10.3. The number of aliphatic hydroxyl groups is 2. The smallest absolute Gasteiger partial charge is 0.387 e. The lowest BCUT2D eigenvalue weighted by atomic mass is 9.80. The zero-order chi connectivity index (χ0) is 31.4. The van der Waals surface area contributed by atoms with Crippen LogP contribution in [0.5, 0.6) is 0 Å². The van der Waals surface area contributed by atoms with E-state index in [2.05, 4.69) is 0 Å². The Bertz CT molecular complexity index is 1260. The third-order valence-electron chi connectivity index (χ3n) is 5.56. The predicted molar refractivity (Wildman–Crippen MR) is 102 cm³/mol. The maximum absolute atomic E-state index is 13.6. The first-order valence-corrected chi connectivity index (χ1v) is 10.2. The largest absolute Gasteiger partial charge is 0.416 e. The summed E-state index contributed by atoms with van der Waals surface area (Å²) in [5.41, 5.74) is -17.4. The van der Waals surface area contributed by atoms with Gasteiger partial charge in [-0.05, 0) is 42.3 Å². The van der Waals surface area contributed by atoms with Gasteiger partial charge in [0.2, 0.25) is 0 Å². The first-order chi connectivity index (χ1) is 17.7. The van der Waals surface area contributed by atoms with Crippen molar-refractivity contribution in [1.29, 1.82) is 5.26 Å². The van der Waals surface area contributed by atoms with Gasteiger partial charge in [-0.3, -0.25) is 0 Å². The Kier molecular flexibility index (Phi) is 8.52. The molecule has 3 nitrogen and oxygen atoms in total. The summed E-state index contributed by atoms with van der Waals surface area (Å²) in [5.74, 6) is -3.10. The number of hydrogen-bond acceptors (Lipinski definition) is 3. The van der Waals surface area contributed by atoms with Gasteiger partial charge in [0, 0.05) is 5.56 Å². The fraction of sp³-hybridized carbons (Fsp3) is 0.409. The summed E-state index contributed by atoms with van der Waals surface area (Å²) in [4.78, 5) is 0. The SMILES string of the molecule is Cc1cc(C(F)(F)F)cc(C(F)(F)F)c1C(O)C(C#N)C(O)c1c(C(F)(F)F)cc(C(F)(F)F)cc1C(F)(F)F. The van der Waals surface area contributed by atoms with Gasteiger partial charge >= 0.3 is 30.9 Å². The van der Waals surface area contributed by atoms with Gasteiger partial charge in [0.15, 0.2) is 0 Å². The Morgan fingerprint density at radius 1 is 0.550 bits per heavy atom. The zero-order valence-electron chi connectivity index (χ0n) is 19.1. The molecule has 0 radical (unpaired) electrons. The van der Waals surface area contributed by atoms with Gasteiger partial charge in [-0.25, -0.2) is 0 Å². The lowest BCUT2D eigenvalue weighted by molar-refractivity contribution is -0.151. The summed E-state index contributed by atoms with van der Waals surface area (Å²) in [6.07, 6.45) is -35.8. The highest BCUT2D eigenvalue weighted by Crippen LogP contribution is 2.49. The Labute approximate surface area is 213 Å². The quantitative estimate of drug-likeness (QED) is 0.347. The summed E-state index contributed by atoms with van der Waals surface area (Å²) < 4.78 is 201. The Balaban J connectivity index is 2.92. The van der Waals surface area contributed by atoms with Crippen LogP contribution in [0.2, 0.25) is 0 Å². The average molecular weight is 607 g/mol. The minimum atomic E-state index is -6.08. The third-order valence-corrected chi connectivity index (χ3v) is 5.56. The molecule has 0 amide bonds. The van der Waals surface area contributed by atoms with Crippen molar-refractivity contribution >= 4 is 0 Å². The molecule has 2 N–H and O–H groups in total. The fourth-order valence-electron chi connectivity index (χ4n) is 3.87. The van der Waals surface area contributed by atoms with Gasteiger partial charge in [0.25, 0.3) is 0 Å². The molecule has 0 aliphatic carbocycles. The van der Waals surface area contributed by atoms with Crippen LogP contribution in [0.1, 0.15) is 56.7 Å². The standard InChI is InChI=1S/C22H12F15NO2/c1-7-2-8(18(23,24)25)3-11(20(29,30)31)14(7)16(39)10(6-38)17(40)15-12(21(32,33)34)4-9(19(26,27)28)5-13(15)22(35,36)37/h2-5,10,16-17,39-40H,1H3. The summed E-state index contributed by atoms with van der Waals surface area (Å²) in [7, 11) is 0. The molecule has 0 fully saturated rings. The lowest BCUT2D eigenvalue weighted by Gasteiger charge is -2.30. The highest BCUT2D eigenvalue weighted by Gasteiger charge is 2.49. The van der Waals surface area contributed by atoms with Crippen molar-refractivity contribution in [1.82, 2.24) is 0 Å². The number of benzene rings is 2. The molecule has 3 atom stereocenters. The van der Waals surface area contributed by atoms with E-state index in [1.54, 1.807) is 0 Å². The third kappa shape index (κ3) is 6.74. The molecule has 3 unspecified atom stereocenters. The van der Waals surface area contributed by atoms with Crippen LogP contribution in [0.25, 0.3) is 0 Å². The van der Waals surface area contributed by atoms with Crippen molar-refractivity contribution in [3.8, 4) is 6.07 Å². The number of nitriles is 1. The monoisotopic (exact) mass is 607 g/mol. The molecule has 0 saturated heterocycles. The van der Waals surface area contributed by atoms with Crippen molar-refractivity contribution in [3.05, 3.63) is 68.8 Å². The lowest BCUT2D eigenvalue weighted by Crippen LogP contribution is -2.28. The Hall–Kier alpha value is -3.20. The topological polar surface area (TPSA) is 64.2 Å². The van der Waals surface area contributed by atoms with E-state index in [4.69, 9.17) is 0 Å². The van der Waals surface area contributed by atoms with Crippen molar-refractivity contribution in [2.75, 3.05) is 0 Å². The van der Waals surface area contributed by atoms with Crippen molar-refractivity contribution < 1.29 is 76.1 Å². The fourth-order valence-corrected chi connectivity index (χ4v) is 3.87. The molecular formula is C22H12F15NO2. The second-order valence-corrected chi connectivity index (χ2v) is 8.27. The predicted octanol–water partition coefficient (Wildman–Crippen LogP) is 8.00. The first-order valence-electron chi connectivity index (χ1n) is 10.2. The molecule has 0 aliphatic rings. The molecule has 40 heavy (non-hydrogen) atoms. The van der Waals surface area contributed by atoms with Crippen LogP contribution in [0.3, 0.4) is 0 Å². The minimum Gasteiger partial charge on any atom is -0.387 e. The van der Waals surface area contributed by atoms with Crippen molar-refractivity contribution in [3.63, 3.8) is 0 Å². The normalized spacial score (nSPS) is 15.9. The molecule has 18 heteroatoms. The van der Waals surface area contributed by atoms with E-state index in [9.17, 15) is 81.3 Å². The number of nitrogens with zero attached hydrogens (tertiary/aromatic N) is 1. The number of hydrogen-bond donors (Lipinski definition) is 2. The maximum Gasteiger partial charge on any atom is 0.416 e. The summed E-state index contributed by atoms with van der Waals surface area (Å²) >= 11 is 0. The average Bonchev–Trinajstić information content (AvgIpc) is 2.74. The highest BCUT2D eigenvalue weighted by molar-refractivity contribution is 5.47. The molecule has 222 valence electrons. The van der Waals surface area contributed by atoms with Gasteiger partial charge in [0.1, 0.15) is 5.92 Å². The number of aliphatic hydroxyl groups excluding tert-OH is 2. The summed E-state index contributed by atoms with van der Waals surface area (Å²) in [6.45, 7) is 0.532. The number of rotatable bonds is 4. The van der Waals surface area contributed by atoms with Crippen molar-refractivity contribution in [2.45, 2.75) is 50.0 Å². The van der Waals surface area contributed by atoms with Crippen LogP contribution in [0, 0.1) is 24.2 Å². The minimum absolute atomic E-state index is 0.0228. The highest BCUT2D eigenvalue weighted by atomic mass is 19.4. The number of alkyl halides is 15. The van der Waals surface area contributed by atoms with E-state index in [0.717, 1.165) is 6.07 Å².